The summed E-state index contributed by atoms with van der Waals surface area (Å²) in [5.74, 6) is 1.11. The number of nitrogens with zero attached hydrogens (tertiary/aromatic N) is 3. The van der Waals surface area contributed by atoms with Crippen LogP contribution in [0.3, 0.4) is 0 Å². The Morgan fingerprint density at radius 2 is 1.73 bits per heavy atom. The Morgan fingerprint density at radius 1 is 1.10 bits per heavy atom. The maximum Gasteiger partial charge on any atom is 0.230 e. The van der Waals surface area contributed by atoms with Crippen molar-refractivity contribution in [2.45, 2.75) is 50.4 Å². The second-order valence-electron chi connectivity index (χ2n) is 8.06. The van der Waals surface area contributed by atoms with Crippen LogP contribution in [0, 0.1) is 0 Å². The summed E-state index contributed by atoms with van der Waals surface area (Å²) in [6.07, 6.45) is 0. The smallest absolute Gasteiger partial charge is 0.230 e. The number of ether oxygens (including phenoxy) is 1. The van der Waals surface area contributed by atoms with Gasteiger partial charge in [-0.2, -0.15) is 0 Å². The lowest BCUT2D eigenvalue weighted by atomic mass is 9.87. The first-order valence-corrected chi connectivity index (χ1v) is 10.8. The third-order valence-corrected chi connectivity index (χ3v) is 5.79. The van der Waals surface area contributed by atoms with E-state index < -0.39 is 11.2 Å². The number of carbonyl (C=O) groups is 1. The second kappa shape index (κ2) is 8.92. The van der Waals surface area contributed by atoms with E-state index in [-0.39, 0.29) is 5.41 Å². The van der Waals surface area contributed by atoms with E-state index >= 15 is 0 Å². The van der Waals surface area contributed by atoms with Crippen molar-refractivity contribution in [2.24, 2.45) is 5.73 Å². The van der Waals surface area contributed by atoms with Crippen LogP contribution in [-0.4, -0.2) is 32.5 Å². The standard InChI is InChI=1S/C23H28N4O2S/c1-6-29-19-13-11-18(12-14-19)27-21(25-26-22(27)30-15(2)20(24)28)16-7-9-17(10-8-16)23(3,4)5/h7-15H,6H2,1-5H3,(H2,24,28)/t15-/m1/s1. The number of amides is 1. The van der Waals surface area contributed by atoms with Crippen molar-refractivity contribution < 1.29 is 9.53 Å². The fraction of sp³-hybridized carbons (Fsp3) is 0.348. The molecule has 7 heteroatoms. The molecule has 1 aromatic heterocycles. The fourth-order valence-electron chi connectivity index (χ4n) is 2.96. The number of nitrogens with two attached hydrogens (primary N) is 1. The molecule has 0 unspecified atom stereocenters. The molecule has 0 bridgehead atoms. The summed E-state index contributed by atoms with van der Waals surface area (Å²) >= 11 is 1.29. The molecule has 2 N–H and O–H groups in total. The van der Waals surface area contributed by atoms with Crippen LogP contribution in [0.15, 0.2) is 53.7 Å². The molecule has 30 heavy (non-hydrogen) atoms. The van der Waals surface area contributed by atoms with Gasteiger partial charge in [0.25, 0.3) is 0 Å². The maximum absolute atomic E-state index is 11.6. The van der Waals surface area contributed by atoms with Gasteiger partial charge >= 0.3 is 0 Å². The molecule has 158 valence electrons. The number of benzene rings is 2. The van der Waals surface area contributed by atoms with E-state index in [4.69, 9.17) is 10.5 Å². The predicted octanol–water partition coefficient (Wildman–Crippen LogP) is 4.60. The molecule has 0 aliphatic rings. The van der Waals surface area contributed by atoms with E-state index in [1.807, 2.05) is 35.8 Å². The first kappa shape index (κ1) is 21.9. The Hall–Kier alpha value is -2.80. The third kappa shape index (κ3) is 4.84. The number of hydrogen-bond acceptors (Lipinski definition) is 5. The van der Waals surface area contributed by atoms with E-state index in [0.717, 1.165) is 17.0 Å². The van der Waals surface area contributed by atoms with Crippen LogP contribution < -0.4 is 10.5 Å². The zero-order valence-electron chi connectivity index (χ0n) is 18.0. The summed E-state index contributed by atoms with van der Waals surface area (Å²) in [7, 11) is 0. The van der Waals surface area contributed by atoms with Crippen molar-refractivity contribution in [1.82, 2.24) is 14.8 Å². The van der Waals surface area contributed by atoms with Crippen molar-refractivity contribution in [3.05, 3.63) is 54.1 Å². The van der Waals surface area contributed by atoms with Crippen molar-refractivity contribution in [3.8, 4) is 22.8 Å². The molecule has 0 spiro atoms. The molecule has 1 amide bonds. The molecule has 0 saturated heterocycles. The van der Waals surface area contributed by atoms with Gasteiger partial charge in [-0.1, -0.05) is 56.8 Å². The summed E-state index contributed by atoms with van der Waals surface area (Å²) in [6.45, 7) is 10.9. The van der Waals surface area contributed by atoms with Crippen LogP contribution in [-0.2, 0) is 10.2 Å². The number of carbonyl (C=O) groups excluding carboxylic acids is 1. The predicted molar refractivity (Wildman–Crippen MR) is 121 cm³/mol. The molecule has 0 saturated carbocycles. The quantitative estimate of drug-likeness (QED) is 0.561. The Morgan fingerprint density at radius 3 is 2.27 bits per heavy atom. The van der Waals surface area contributed by atoms with Gasteiger partial charge in [0.2, 0.25) is 5.91 Å². The van der Waals surface area contributed by atoms with Gasteiger partial charge in [-0.15, -0.1) is 10.2 Å². The number of thioether (sulfide) groups is 1. The van der Waals surface area contributed by atoms with Gasteiger partial charge in [0.15, 0.2) is 11.0 Å². The van der Waals surface area contributed by atoms with E-state index in [9.17, 15) is 4.79 Å². The Labute approximate surface area is 181 Å². The summed E-state index contributed by atoms with van der Waals surface area (Å²) < 4.78 is 7.51. The molecule has 0 fully saturated rings. The molecular formula is C23H28N4O2S. The van der Waals surface area contributed by atoms with Crippen molar-refractivity contribution in [3.63, 3.8) is 0 Å². The molecule has 0 aliphatic carbocycles. The molecule has 3 rings (SSSR count). The first-order valence-electron chi connectivity index (χ1n) is 9.96. The zero-order valence-corrected chi connectivity index (χ0v) is 18.9. The van der Waals surface area contributed by atoms with Crippen molar-refractivity contribution in [2.75, 3.05) is 6.61 Å². The number of aromatic nitrogens is 3. The lowest BCUT2D eigenvalue weighted by molar-refractivity contribution is -0.117. The molecule has 0 radical (unpaired) electrons. The number of primary amides is 1. The van der Waals surface area contributed by atoms with Crippen LogP contribution in [0.5, 0.6) is 5.75 Å². The summed E-state index contributed by atoms with van der Waals surface area (Å²) in [6, 6.07) is 16.1. The van der Waals surface area contributed by atoms with E-state index in [2.05, 4.69) is 55.2 Å². The minimum atomic E-state index is -0.424. The highest BCUT2D eigenvalue weighted by Gasteiger charge is 2.21. The van der Waals surface area contributed by atoms with Gasteiger partial charge in [-0.3, -0.25) is 9.36 Å². The Bertz CT molecular complexity index is 1010. The average molecular weight is 425 g/mol. The van der Waals surface area contributed by atoms with E-state index in [1.54, 1.807) is 6.92 Å². The van der Waals surface area contributed by atoms with Gasteiger partial charge in [0.1, 0.15) is 5.75 Å². The maximum atomic E-state index is 11.6. The van der Waals surface area contributed by atoms with E-state index in [0.29, 0.717) is 17.6 Å². The highest BCUT2D eigenvalue weighted by Crippen LogP contribution is 2.32. The average Bonchev–Trinajstić information content (AvgIpc) is 3.11. The lowest BCUT2D eigenvalue weighted by Crippen LogP contribution is -2.23. The van der Waals surface area contributed by atoms with Crippen LogP contribution in [0.25, 0.3) is 17.1 Å². The normalized spacial score (nSPS) is 12.6. The molecule has 3 aromatic rings. The van der Waals surface area contributed by atoms with Crippen molar-refractivity contribution >= 4 is 17.7 Å². The minimum Gasteiger partial charge on any atom is -0.494 e. The minimum absolute atomic E-state index is 0.0687. The van der Waals surface area contributed by atoms with Crippen LogP contribution >= 0.6 is 11.8 Å². The number of hydrogen-bond donors (Lipinski definition) is 1. The topological polar surface area (TPSA) is 83.0 Å². The van der Waals surface area contributed by atoms with Gasteiger partial charge in [-0.25, -0.2) is 0 Å². The van der Waals surface area contributed by atoms with Gasteiger partial charge in [0.05, 0.1) is 11.9 Å². The Kier molecular flexibility index (Phi) is 6.51. The molecule has 2 aromatic carbocycles. The third-order valence-electron chi connectivity index (χ3n) is 4.73. The fourth-order valence-corrected chi connectivity index (χ4v) is 3.78. The summed E-state index contributed by atoms with van der Waals surface area (Å²) in [5.41, 5.74) is 8.62. The van der Waals surface area contributed by atoms with Gasteiger partial charge in [0, 0.05) is 11.3 Å². The highest BCUT2D eigenvalue weighted by atomic mass is 32.2. The molecule has 0 aliphatic heterocycles. The Balaban J connectivity index is 2.07. The summed E-state index contributed by atoms with van der Waals surface area (Å²) in [5, 5.41) is 8.98. The highest BCUT2D eigenvalue weighted by molar-refractivity contribution is 8.00. The lowest BCUT2D eigenvalue weighted by Gasteiger charge is -2.19. The van der Waals surface area contributed by atoms with Gasteiger partial charge in [-0.05, 0) is 49.1 Å². The van der Waals surface area contributed by atoms with E-state index in [1.165, 1.54) is 17.3 Å². The monoisotopic (exact) mass is 424 g/mol. The molecule has 1 atom stereocenters. The van der Waals surface area contributed by atoms with Crippen LogP contribution in [0.2, 0.25) is 0 Å². The molecule has 1 heterocycles. The largest absolute Gasteiger partial charge is 0.494 e. The first-order chi connectivity index (χ1) is 14.2. The van der Waals surface area contributed by atoms with Gasteiger partial charge < -0.3 is 10.5 Å². The van der Waals surface area contributed by atoms with Crippen molar-refractivity contribution in [1.29, 1.82) is 0 Å². The zero-order chi connectivity index (χ0) is 21.9. The van der Waals surface area contributed by atoms with Crippen LogP contribution in [0.1, 0.15) is 40.2 Å². The van der Waals surface area contributed by atoms with Crippen LogP contribution in [0.4, 0.5) is 0 Å². The molecular weight excluding hydrogens is 396 g/mol. The summed E-state index contributed by atoms with van der Waals surface area (Å²) in [4.78, 5) is 11.6. The SMILES string of the molecule is CCOc1ccc(-n2c(S[C@H](C)C(N)=O)nnc2-c2ccc(C(C)(C)C)cc2)cc1. The second-order valence-corrected chi connectivity index (χ2v) is 9.37. The number of rotatable bonds is 7. The molecule has 6 nitrogen and oxygen atoms in total.